The van der Waals surface area contributed by atoms with Gasteiger partial charge in [0.1, 0.15) is 34.5 Å². The molecule has 1 aliphatic heterocycles. The molecule has 0 spiro atoms. The van der Waals surface area contributed by atoms with Gasteiger partial charge >= 0.3 is 5.97 Å². The highest BCUT2D eigenvalue weighted by Crippen LogP contribution is 2.45. The molecule has 1 atom stereocenters. The van der Waals surface area contributed by atoms with Crippen LogP contribution in [0.3, 0.4) is 0 Å². The Balaban J connectivity index is 1.55. The fourth-order valence-electron chi connectivity index (χ4n) is 4.96. The van der Waals surface area contributed by atoms with Crippen molar-refractivity contribution in [1.82, 2.24) is 0 Å². The van der Waals surface area contributed by atoms with E-state index < -0.39 is 11.9 Å². The molecule has 43 heavy (non-hydrogen) atoms. The number of hydrogen-bond acceptors (Lipinski definition) is 8. The van der Waals surface area contributed by atoms with Crippen molar-refractivity contribution in [2.75, 3.05) is 20.3 Å². The molecule has 0 saturated carbocycles. The first kappa shape index (κ1) is 31.3. The lowest BCUT2D eigenvalue weighted by Crippen LogP contribution is -2.21. The number of ether oxygens (including phenoxy) is 5. The van der Waals surface area contributed by atoms with Crippen LogP contribution in [0.1, 0.15) is 86.2 Å². The number of nitrogens with two attached hydrogens (primary N) is 1. The highest BCUT2D eigenvalue weighted by molar-refractivity contribution is 5.94. The van der Waals surface area contributed by atoms with E-state index in [4.69, 9.17) is 29.4 Å². The Bertz CT molecular complexity index is 1480. The zero-order valence-electron chi connectivity index (χ0n) is 25.2. The molecule has 1 heterocycles. The number of allylic oxidation sites excluding steroid dienone is 1. The average Bonchev–Trinajstić information content (AvgIpc) is 3.02. The Morgan fingerprint density at radius 2 is 1.63 bits per heavy atom. The Morgan fingerprint density at radius 1 is 0.884 bits per heavy atom. The summed E-state index contributed by atoms with van der Waals surface area (Å²) in [5.41, 5.74) is 8.33. The number of hydrogen-bond donors (Lipinski definition) is 1. The van der Waals surface area contributed by atoms with Crippen molar-refractivity contribution >= 4 is 5.97 Å². The third kappa shape index (κ3) is 7.81. The first-order valence-corrected chi connectivity index (χ1v) is 15.0. The van der Waals surface area contributed by atoms with Gasteiger partial charge in [-0.3, -0.25) is 0 Å². The summed E-state index contributed by atoms with van der Waals surface area (Å²) in [6, 6.07) is 19.9. The molecule has 3 aromatic carbocycles. The maximum atomic E-state index is 13.1. The minimum atomic E-state index is -0.550. The molecule has 0 saturated heterocycles. The molecule has 3 aromatic rings. The van der Waals surface area contributed by atoms with Crippen LogP contribution in [-0.2, 0) is 0 Å². The van der Waals surface area contributed by atoms with Gasteiger partial charge in [-0.05, 0) is 48.7 Å². The van der Waals surface area contributed by atoms with Gasteiger partial charge in [-0.1, -0.05) is 70.2 Å². The topological polar surface area (TPSA) is 113 Å². The minimum Gasteiger partial charge on any atom is -0.493 e. The van der Waals surface area contributed by atoms with Crippen LogP contribution < -0.4 is 29.4 Å². The van der Waals surface area contributed by atoms with Crippen LogP contribution in [0.4, 0.5) is 0 Å². The van der Waals surface area contributed by atoms with Crippen molar-refractivity contribution in [3.05, 3.63) is 88.8 Å². The molecule has 2 N–H and O–H groups in total. The van der Waals surface area contributed by atoms with Gasteiger partial charge in [0, 0.05) is 11.6 Å². The van der Waals surface area contributed by atoms with Crippen molar-refractivity contribution in [3.8, 4) is 34.8 Å². The lowest BCUT2D eigenvalue weighted by atomic mass is 9.83. The summed E-state index contributed by atoms with van der Waals surface area (Å²) in [5, 5.41) is 10.0. The fourth-order valence-corrected chi connectivity index (χ4v) is 4.96. The molecule has 1 unspecified atom stereocenters. The Labute approximate surface area is 254 Å². The van der Waals surface area contributed by atoms with E-state index in [9.17, 15) is 10.1 Å². The first-order chi connectivity index (χ1) is 21.0. The first-order valence-electron chi connectivity index (χ1n) is 15.0. The van der Waals surface area contributed by atoms with Gasteiger partial charge in [0.15, 0.2) is 11.5 Å². The van der Waals surface area contributed by atoms with Gasteiger partial charge in [-0.15, -0.1) is 0 Å². The number of carbonyl (C=O) groups excluding carboxylic acids is 1. The minimum absolute atomic E-state index is 0.00970. The standard InChI is InChI=1S/C35H40N2O6/c1-4-6-8-9-12-20-41-30-18-15-24(21-32(30)39-3)33-26-17-16-25(22-31(26)43-34(37)28(33)23-36)42-35(38)27-13-10-11-14-29(27)40-19-7-5-2/h10-11,13-18,21-22,33H,4-9,12,19-20,37H2,1-3H3. The fraction of sp³-hybridized carbons (Fsp3) is 0.371. The zero-order valence-corrected chi connectivity index (χ0v) is 25.2. The summed E-state index contributed by atoms with van der Waals surface area (Å²) in [6.45, 7) is 5.39. The molecule has 4 rings (SSSR count). The van der Waals surface area contributed by atoms with Crippen LogP contribution in [0.5, 0.6) is 28.7 Å². The van der Waals surface area contributed by atoms with E-state index in [1.165, 1.54) is 19.3 Å². The third-order valence-corrected chi connectivity index (χ3v) is 7.29. The van der Waals surface area contributed by atoms with Crippen LogP contribution in [0, 0.1) is 11.3 Å². The van der Waals surface area contributed by atoms with Gasteiger partial charge in [-0.2, -0.15) is 5.26 Å². The number of carbonyl (C=O) groups is 1. The van der Waals surface area contributed by atoms with Crippen molar-refractivity contribution < 1.29 is 28.5 Å². The summed E-state index contributed by atoms with van der Waals surface area (Å²) in [7, 11) is 1.59. The molecule has 8 heteroatoms. The molecular weight excluding hydrogens is 544 g/mol. The summed E-state index contributed by atoms with van der Waals surface area (Å²) in [5.74, 6) is 1.29. The number of benzene rings is 3. The number of nitriles is 1. The van der Waals surface area contributed by atoms with Crippen molar-refractivity contribution in [3.63, 3.8) is 0 Å². The van der Waals surface area contributed by atoms with Crippen LogP contribution in [0.15, 0.2) is 72.1 Å². The Kier molecular flexibility index (Phi) is 11.3. The molecule has 0 bridgehead atoms. The Hall–Kier alpha value is -4.64. The van der Waals surface area contributed by atoms with Gasteiger partial charge in [0.25, 0.3) is 0 Å². The second-order valence-electron chi connectivity index (χ2n) is 10.4. The van der Waals surface area contributed by atoms with Crippen molar-refractivity contribution in [2.24, 2.45) is 5.73 Å². The van der Waals surface area contributed by atoms with Crippen LogP contribution in [0.2, 0.25) is 0 Å². The Morgan fingerprint density at radius 3 is 2.40 bits per heavy atom. The van der Waals surface area contributed by atoms with E-state index in [0.717, 1.165) is 31.2 Å². The molecule has 0 aliphatic carbocycles. The molecule has 0 aromatic heterocycles. The number of rotatable bonds is 15. The number of nitrogens with zero attached hydrogens (tertiary/aromatic N) is 1. The summed E-state index contributed by atoms with van der Waals surface area (Å²) in [6.07, 6.45) is 7.59. The van der Waals surface area contributed by atoms with E-state index >= 15 is 0 Å². The number of para-hydroxylation sites is 1. The smallest absolute Gasteiger partial charge is 0.347 e. The monoisotopic (exact) mass is 584 g/mol. The highest BCUT2D eigenvalue weighted by Gasteiger charge is 2.32. The third-order valence-electron chi connectivity index (χ3n) is 7.29. The summed E-state index contributed by atoms with van der Waals surface area (Å²) < 4.78 is 29.0. The molecule has 1 aliphatic rings. The van der Waals surface area contributed by atoms with E-state index in [1.54, 1.807) is 43.5 Å². The normalized spacial score (nSPS) is 13.9. The lowest BCUT2D eigenvalue weighted by molar-refractivity contribution is 0.0730. The van der Waals surface area contributed by atoms with Gasteiger partial charge < -0.3 is 29.4 Å². The number of methoxy groups -OCH3 is 1. The van der Waals surface area contributed by atoms with Gasteiger partial charge in [0.05, 0.1) is 26.2 Å². The lowest BCUT2D eigenvalue weighted by Gasteiger charge is -2.27. The van der Waals surface area contributed by atoms with E-state index in [0.29, 0.717) is 47.3 Å². The molecule has 0 fully saturated rings. The molecule has 8 nitrogen and oxygen atoms in total. The largest absolute Gasteiger partial charge is 0.493 e. The van der Waals surface area contributed by atoms with Crippen LogP contribution in [0.25, 0.3) is 0 Å². The van der Waals surface area contributed by atoms with E-state index in [1.807, 2.05) is 24.3 Å². The summed E-state index contributed by atoms with van der Waals surface area (Å²) in [4.78, 5) is 13.1. The number of fused-ring (bicyclic) bond motifs is 1. The zero-order chi connectivity index (χ0) is 30.6. The average molecular weight is 585 g/mol. The predicted octanol–water partition coefficient (Wildman–Crippen LogP) is 7.66. The number of esters is 1. The molecular formula is C35H40N2O6. The molecule has 0 radical (unpaired) electrons. The van der Waals surface area contributed by atoms with Crippen LogP contribution in [-0.4, -0.2) is 26.3 Å². The second-order valence-corrected chi connectivity index (χ2v) is 10.4. The summed E-state index contributed by atoms with van der Waals surface area (Å²) >= 11 is 0. The predicted molar refractivity (Wildman–Crippen MR) is 165 cm³/mol. The highest BCUT2D eigenvalue weighted by atomic mass is 16.5. The molecule has 226 valence electrons. The van der Waals surface area contributed by atoms with Crippen LogP contribution >= 0.6 is 0 Å². The quantitative estimate of drug-likeness (QED) is 0.110. The molecule has 0 amide bonds. The van der Waals surface area contributed by atoms with Gasteiger partial charge in [-0.25, -0.2) is 4.79 Å². The maximum absolute atomic E-state index is 13.1. The van der Waals surface area contributed by atoms with Crippen molar-refractivity contribution in [1.29, 1.82) is 5.26 Å². The second kappa shape index (κ2) is 15.5. The van der Waals surface area contributed by atoms with Crippen molar-refractivity contribution in [2.45, 2.75) is 64.7 Å². The van der Waals surface area contributed by atoms with E-state index in [2.05, 4.69) is 19.9 Å². The maximum Gasteiger partial charge on any atom is 0.347 e. The van der Waals surface area contributed by atoms with E-state index in [-0.39, 0.29) is 17.2 Å². The SMILES string of the molecule is CCCCCCCOc1ccc(C2C(C#N)=C(N)Oc3cc(OC(=O)c4ccccc4OCCCC)ccc32)cc1OC. The number of unbranched alkanes of at least 4 members (excludes halogenated alkanes) is 5. The van der Waals surface area contributed by atoms with Gasteiger partial charge in [0.2, 0.25) is 5.88 Å².